The Morgan fingerprint density at radius 2 is 1.78 bits per heavy atom. The summed E-state index contributed by atoms with van der Waals surface area (Å²) in [7, 11) is -2.40. The first-order valence-electron chi connectivity index (χ1n) is 9.65. The van der Waals surface area contributed by atoms with E-state index < -0.39 is 10.0 Å². The lowest BCUT2D eigenvalue weighted by Crippen LogP contribution is -2.14. The van der Waals surface area contributed by atoms with Gasteiger partial charge in [-0.15, -0.1) is 0 Å². The van der Waals surface area contributed by atoms with E-state index >= 15 is 0 Å². The van der Waals surface area contributed by atoms with Gasteiger partial charge in [0.2, 0.25) is 5.88 Å². The molecule has 0 aliphatic heterocycles. The van der Waals surface area contributed by atoms with Crippen LogP contribution in [0.5, 0.6) is 17.4 Å². The molecule has 0 aliphatic rings. The Morgan fingerprint density at radius 3 is 2.47 bits per heavy atom. The summed E-state index contributed by atoms with van der Waals surface area (Å²) in [6.07, 6.45) is 3.43. The Hall–Kier alpha value is -3.92. The lowest BCUT2D eigenvalue weighted by Gasteiger charge is -2.13. The van der Waals surface area contributed by atoms with Crippen LogP contribution in [0.1, 0.15) is 11.4 Å². The number of nitrogens with one attached hydrogen (secondary N) is 1. The van der Waals surface area contributed by atoms with Crippen molar-refractivity contribution in [1.29, 1.82) is 0 Å². The van der Waals surface area contributed by atoms with Gasteiger partial charge in [0.25, 0.3) is 10.0 Å². The van der Waals surface area contributed by atoms with Crippen molar-refractivity contribution in [2.45, 2.75) is 18.7 Å². The van der Waals surface area contributed by atoms with Gasteiger partial charge in [0.1, 0.15) is 22.2 Å². The summed E-state index contributed by atoms with van der Waals surface area (Å²) in [5.74, 6) is 2.22. The SMILES string of the molecule is COc1ccc(C)cc1S(=O)(=O)Nc1ccc(Oc2cc(-n3cccn3)nc(C)n2)cc1. The fourth-order valence-electron chi connectivity index (χ4n) is 3.02. The second kappa shape index (κ2) is 8.67. The summed E-state index contributed by atoms with van der Waals surface area (Å²) in [6.45, 7) is 3.58. The molecule has 4 rings (SSSR count). The minimum Gasteiger partial charge on any atom is -0.495 e. The highest BCUT2D eigenvalue weighted by Gasteiger charge is 2.20. The summed E-state index contributed by atoms with van der Waals surface area (Å²) in [6, 6.07) is 15.0. The molecule has 0 aliphatic carbocycles. The van der Waals surface area contributed by atoms with Gasteiger partial charge in [-0.1, -0.05) is 6.07 Å². The van der Waals surface area contributed by atoms with Gasteiger partial charge in [-0.25, -0.2) is 18.1 Å². The second-order valence-electron chi connectivity index (χ2n) is 6.95. The van der Waals surface area contributed by atoms with Crippen LogP contribution in [0.2, 0.25) is 0 Å². The van der Waals surface area contributed by atoms with Crippen molar-refractivity contribution < 1.29 is 17.9 Å². The van der Waals surface area contributed by atoms with Crippen LogP contribution in [0.4, 0.5) is 5.69 Å². The fourth-order valence-corrected chi connectivity index (χ4v) is 4.33. The zero-order valence-electron chi connectivity index (χ0n) is 17.7. The number of rotatable bonds is 7. The van der Waals surface area contributed by atoms with Crippen molar-refractivity contribution in [3.63, 3.8) is 0 Å². The first kappa shape index (κ1) is 21.3. The Labute approximate surface area is 185 Å². The van der Waals surface area contributed by atoms with E-state index in [4.69, 9.17) is 9.47 Å². The van der Waals surface area contributed by atoms with Crippen LogP contribution < -0.4 is 14.2 Å². The molecule has 164 valence electrons. The van der Waals surface area contributed by atoms with Crippen molar-refractivity contribution in [2.24, 2.45) is 0 Å². The number of benzene rings is 2. The molecule has 0 spiro atoms. The highest BCUT2D eigenvalue weighted by Crippen LogP contribution is 2.28. The monoisotopic (exact) mass is 451 g/mol. The lowest BCUT2D eigenvalue weighted by molar-refractivity contribution is 0.402. The third-order valence-corrected chi connectivity index (χ3v) is 5.88. The van der Waals surface area contributed by atoms with Gasteiger partial charge < -0.3 is 9.47 Å². The molecule has 2 aromatic heterocycles. The van der Waals surface area contributed by atoms with Crippen LogP contribution in [0.15, 0.2) is 71.9 Å². The lowest BCUT2D eigenvalue weighted by atomic mass is 10.2. The molecule has 0 atom stereocenters. The second-order valence-corrected chi connectivity index (χ2v) is 8.60. The van der Waals surface area contributed by atoms with Crippen LogP contribution in [-0.2, 0) is 10.0 Å². The predicted octanol–water partition coefficient (Wildman–Crippen LogP) is 3.88. The summed E-state index contributed by atoms with van der Waals surface area (Å²) in [5.41, 5.74) is 1.20. The molecule has 2 aromatic carbocycles. The number of sulfonamides is 1. The Kier molecular flexibility index (Phi) is 5.78. The molecule has 2 heterocycles. The quantitative estimate of drug-likeness (QED) is 0.454. The highest BCUT2D eigenvalue weighted by molar-refractivity contribution is 7.92. The van der Waals surface area contributed by atoms with Crippen molar-refractivity contribution in [3.05, 3.63) is 78.4 Å². The van der Waals surface area contributed by atoms with Crippen LogP contribution >= 0.6 is 0 Å². The molecular formula is C22H21N5O4S. The van der Waals surface area contributed by atoms with Crippen molar-refractivity contribution in [2.75, 3.05) is 11.8 Å². The normalized spacial score (nSPS) is 11.2. The first-order chi connectivity index (χ1) is 15.3. The van der Waals surface area contributed by atoms with Crippen LogP contribution in [-0.4, -0.2) is 35.3 Å². The molecule has 0 unspecified atom stereocenters. The van der Waals surface area contributed by atoms with E-state index in [1.165, 1.54) is 7.11 Å². The van der Waals surface area contributed by atoms with Gasteiger partial charge in [-0.3, -0.25) is 4.72 Å². The molecule has 0 bridgehead atoms. The molecule has 0 saturated carbocycles. The smallest absolute Gasteiger partial charge is 0.265 e. The minimum absolute atomic E-state index is 0.0722. The number of anilines is 1. The first-order valence-corrected chi connectivity index (χ1v) is 11.1. The van der Waals surface area contributed by atoms with Gasteiger partial charge in [0.05, 0.1) is 7.11 Å². The molecule has 32 heavy (non-hydrogen) atoms. The van der Waals surface area contributed by atoms with E-state index in [0.29, 0.717) is 29.0 Å². The summed E-state index contributed by atoms with van der Waals surface area (Å²) >= 11 is 0. The molecule has 0 fully saturated rings. The topological polar surface area (TPSA) is 108 Å². The molecule has 9 nitrogen and oxygen atoms in total. The average Bonchev–Trinajstić information content (AvgIpc) is 3.30. The minimum atomic E-state index is -3.83. The van der Waals surface area contributed by atoms with Crippen LogP contribution in [0.3, 0.4) is 0 Å². The van der Waals surface area contributed by atoms with Crippen molar-refractivity contribution in [1.82, 2.24) is 19.7 Å². The van der Waals surface area contributed by atoms with E-state index in [2.05, 4.69) is 19.8 Å². The number of aromatic nitrogens is 4. The molecule has 4 aromatic rings. The maximum Gasteiger partial charge on any atom is 0.265 e. The summed E-state index contributed by atoms with van der Waals surface area (Å²) < 4.78 is 40.9. The molecule has 10 heteroatoms. The number of ether oxygens (including phenoxy) is 2. The average molecular weight is 452 g/mol. The zero-order chi connectivity index (χ0) is 22.7. The third-order valence-electron chi connectivity index (χ3n) is 4.48. The van der Waals surface area contributed by atoms with E-state index in [-0.39, 0.29) is 10.6 Å². The number of hydrogen-bond donors (Lipinski definition) is 1. The van der Waals surface area contributed by atoms with Crippen LogP contribution in [0.25, 0.3) is 5.82 Å². The molecular weight excluding hydrogens is 430 g/mol. The van der Waals surface area contributed by atoms with Gasteiger partial charge in [0, 0.05) is 24.1 Å². The highest BCUT2D eigenvalue weighted by atomic mass is 32.2. The Balaban J connectivity index is 1.53. The summed E-state index contributed by atoms with van der Waals surface area (Å²) in [4.78, 5) is 8.70. The van der Waals surface area contributed by atoms with E-state index in [9.17, 15) is 8.42 Å². The van der Waals surface area contributed by atoms with Gasteiger partial charge in [-0.05, 0) is 61.9 Å². The number of hydrogen-bond acceptors (Lipinski definition) is 7. The molecule has 0 radical (unpaired) electrons. The van der Waals surface area contributed by atoms with E-state index in [1.54, 1.807) is 78.6 Å². The van der Waals surface area contributed by atoms with Gasteiger partial charge >= 0.3 is 0 Å². The number of methoxy groups -OCH3 is 1. The number of nitrogens with zero attached hydrogens (tertiary/aromatic N) is 4. The Bertz CT molecular complexity index is 1340. The molecule has 0 amide bonds. The number of aryl methyl sites for hydroxylation is 2. The maximum atomic E-state index is 12.8. The summed E-state index contributed by atoms with van der Waals surface area (Å²) in [5, 5.41) is 4.16. The predicted molar refractivity (Wildman–Crippen MR) is 119 cm³/mol. The van der Waals surface area contributed by atoms with Gasteiger partial charge in [-0.2, -0.15) is 10.1 Å². The standard InChI is InChI=1S/C22H21N5O4S/c1-15-5-10-19(30-3)20(13-15)32(28,29)26-17-6-8-18(9-7-17)31-22-14-21(24-16(2)25-22)27-12-4-11-23-27/h4-14,26H,1-3H3. The molecule has 0 saturated heterocycles. The maximum absolute atomic E-state index is 12.8. The third kappa shape index (κ3) is 4.70. The van der Waals surface area contributed by atoms with E-state index in [1.807, 2.05) is 6.92 Å². The van der Waals surface area contributed by atoms with E-state index in [0.717, 1.165) is 5.56 Å². The van der Waals surface area contributed by atoms with Crippen molar-refractivity contribution in [3.8, 4) is 23.2 Å². The molecule has 1 N–H and O–H groups in total. The fraction of sp³-hybridized carbons (Fsp3) is 0.136. The van der Waals surface area contributed by atoms with Crippen molar-refractivity contribution >= 4 is 15.7 Å². The Morgan fingerprint density at radius 1 is 1.00 bits per heavy atom. The van der Waals surface area contributed by atoms with Gasteiger partial charge in [0.15, 0.2) is 5.82 Å². The largest absolute Gasteiger partial charge is 0.495 e. The zero-order valence-corrected chi connectivity index (χ0v) is 18.5. The van der Waals surface area contributed by atoms with Crippen LogP contribution in [0, 0.1) is 13.8 Å².